The summed E-state index contributed by atoms with van der Waals surface area (Å²) in [6.07, 6.45) is 0.789. The van der Waals surface area contributed by atoms with E-state index in [0.717, 1.165) is 6.42 Å². The van der Waals surface area contributed by atoms with Crippen LogP contribution in [0.2, 0.25) is 0 Å². The third kappa shape index (κ3) is 4.35. The molecular formula is C15H22N2O3. The van der Waals surface area contributed by atoms with Crippen molar-refractivity contribution in [3.63, 3.8) is 0 Å². The molecule has 0 bridgehead atoms. The van der Waals surface area contributed by atoms with Gasteiger partial charge in [-0.05, 0) is 18.5 Å². The third-order valence-corrected chi connectivity index (χ3v) is 3.06. The van der Waals surface area contributed by atoms with E-state index in [0.29, 0.717) is 12.1 Å². The average molecular weight is 278 g/mol. The van der Waals surface area contributed by atoms with E-state index in [4.69, 9.17) is 0 Å². The first kappa shape index (κ1) is 16.2. The molecule has 0 aliphatic carbocycles. The summed E-state index contributed by atoms with van der Waals surface area (Å²) in [5.41, 5.74) is 0.694. The largest absolute Gasteiger partial charge is 0.480 e. The average Bonchev–Trinajstić information content (AvgIpc) is 2.39. The van der Waals surface area contributed by atoms with Gasteiger partial charge in [0.25, 0.3) is 0 Å². The smallest absolute Gasteiger partial charge is 0.325 e. The van der Waals surface area contributed by atoms with Crippen molar-refractivity contribution in [1.82, 2.24) is 9.80 Å². The van der Waals surface area contributed by atoms with Crippen LogP contribution in [0.1, 0.15) is 24.9 Å². The summed E-state index contributed by atoms with van der Waals surface area (Å²) in [5.74, 6) is -1.03. The number of nitrogens with zero attached hydrogens (tertiary/aromatic N) is 2. The molecule has 0 spiro atoms. The number of likely N-dealkylation sites (N-methyl/N-ethyl adjacent to an activating group) is 1. The van der Waals surface area contributed by atoms with E-state index >= 15 is 0 Å². The molecule has 0 saturated carbocycles. The lowest BCUT2D eigenvalue weighted by Gasteiger charge is -2.29. The van der Waals surface area contributed by atoms with Crippen molar-refractivity contribution >= 4 is 11.9 Å². The first-order valence-corrected chi connectivity index (χ1v) is 6.69. The minimum absolute atomic E-state index is 0.0966. The number of rotatable bonds is 7. The molecular weight excluding hydrogens is 256 g/mol. The minimum atomic E-state index is -0.934. The Bertz CT molecular complexity index is 446. The highest BCUT2D eigenvalue weighted by Crippen LogP contribution is 2.21. The summed E-state index contributed by atoms with van der Waals surface area (Å²) in [6, 6.07) is 8.23. The van der Waals surface area contributed by atoms with Crippen LogP contribution >= 0.6 is 0 Å². The fourth-order valence-corrected chi connectivity index (χ4v) is 2.05. The SMILES string of the molecule is CCCN(CC(=O)N(C)C)C(C(=O)O)c1ccccc1. The predicted molar refractivity (Wildman–Crippen MR) is 77.4 cm³/mol. The second-order valence-corrected chi connectivity index (χ2v) is 4.91. The molecule has 1 N–H and O–H groups in total. The first-order chi connectivity index (χ1) is 9.47. The predicted octanol–water partition coefficient (Wildman–Crippen LogP) is 1.61. The topological polar surface area (TPSA) is 60.9 Å². The minimum Gasteiger partial charge on any atom is -0.480 e. The Hall–Kier alpha value is -1.88. The number of carboxylic acids is 1. The highest BCUT2D eigenvalue weighted by molar-refractivity contribution is 5.80. The molecule has 110 valence electrons. The Labute approximate surface area is 119 Å². The number of hydrogen-bond donors (Lipinski definition) is 1. The second-order valence-electron chi connectivity index (χ2n) is 4.91. The molecule has 1 amide bonds. The lowest BCUT2D eigenvalue weighted by Crippen LogP contribution is -2.42. The number of carbonyl (C=O) groups is 2. The molecule has 1 atom stereocenters. The van der Waals surface area contributed by atoms with Gasteiger partial charge in [0.05, 0.1) is 6.54 Å². The van der Waals surface area contributed by atoms with Crippen LogP contribution in [0.4, 0.5) is 0 Å². The van der Waals surface area contributed by atoms with Crippen LogP contribution in [0.5, 0.6) is 0 Å². The van der Waals surface area contributed by atoms with Crippen LogP contribution in [0.15, 0.2) is 30.3 Å². The number of benzene rings is 1. The molecule has 5 nitrogen and oxygen atoms in total. The molecule has 1 aromatic carbocycles. The van der Waals surface area contributed by atoms with E-state index in [1.807, 2.05) is 25.1 Å². The van der Waals surface area contributed by atoms with E-state index in [1.165, 1.54) is 4.90 Å². The number of amides is 1. The van der Waals surface area contributed by atoms with Gasteiger partial charge in [0.1, 0.15) is 6.04 Å². The zero-order valence-electron chi connectivity index (χ0n) is 12.2. The van der Waals surface area contributed by atoms with Crippen LogP contribution in [0.25, 0.3) is 0 Å². The van der Waals surface area contributed by atoms with Crippen LogP contribution in [-0.4, -0.2) is 54.0 Å². The molecule has 20 heavy (non-hydrogen) atoms. The van der Waals surface area contributed by atoms with Crippen molar-refractivity contribution in [2.24, 2.45) is 0 Å². The Morgan fingerprint density at radius 3 is 2.25 bits per heavy atom. The molecule has 0 aromatic heterocycles. The van der Waals surface area contributed by atoms with Crippen molar-refractivity contribution < 1.29 is 14.7 Å². The van der Waals surface area contributed by atoms with Crippen LogP contribution in [-0.2, 0) is 9.59 Å². The Kier molecular flexibility index (Phi) is 6.18. The molecule has 0 aliphatic heterocycles. The fourth-order valence-electron chi connectivity index (χ4n) is 2.05. The zero-order valence-corrected chi connectivity index (χ0v) is 12.2. The number of carbonyl (C=O) groups excluding carboxylic acids is 1. The zero-order chi connectivity index (χ0) is 15.1. The van der Waals surface area contributed by atoms with Gasteiger partial charge in [-0.1, -0.05) is 37.3 Å². The number of aliphatic carboxylic acids is 1. The van der Waals surface area contributed by atoms with Crippen LogP contribution in [0.3, 0.4) is 0 Å². The second kappa shape index (κ2) is 7.65. The molecule has 1 aromatic rings. The van der Waals surface area contributed by atoms with Crippen molar-refractivity contribution in [3.05, 3.63) is 35.9 Å². The Balaban J connectivity index is 3.00. The molecule has 0 fully saturated rings. The summed E-state index contributed by atoms with van der Waals surface area (Å²) in [7, 11) is 3.34. The van der Waals surface area contributed by atoms with E-state index in [2.05, 4.69) is 0 Å². The summed E-state index contributed by atoms with van der Waals surface area (Å²) in [6.45, 7) is 2.63. The monoisotopic (exact) mass is 278 g/mol. The summed E-state index contributed by atoms with van der Waals surface area (Å²) in [5, 5.41) is 9.51. The van der Waals surface area contributed by atoms with Gasteiger partial charge in [0.2, 0.25) is 5.91 Å². The number of hydrogen-bond acceptors (Lipinski definition) is 3. The van der Waals surface area contributed by atoms with Crippen LogP contribution < -0.4 is 0 Å². The van der Waals surface area contributed by atoms with E-state index in [-0.39, 0.29) is 12.5 Å². The standard InChI is InChI=1S/C15H22N2O3/c1-4-10-17(11-13(18)16(2)3)14(15(19)20)12-8-6-5-7-9-12/h5-9,14H,4,10-11H2,1-3H3,(H,19,20). The third-order valence-electron chi connectivity index (χ3n) is 3.06. The summed E-state index contributed by atoms with van der Waals surface area (Å²) in [4.78, 5) is 26.7. The quantitative estimate of drug-likeness (QED) is 0.823. The molecule has 0 saturated heterocycles. The molecule has 0 radical (unpaired) electrons. The van der Waals surface area contributed by atoms with Crippen molar-refractivity contribution in [2.75, 3.05) is 27.2 Å². The lowest BCUT2D eigenvalue weighted by atomic mass is 10.0. The Morgan fingerprint density at radius 1 is 1.20 bits per heavy atom. The number of carboxylic acid groups (broad SMARTS) is 1. The van der Waals surface area contributed by atoms with Crippen molar-refractivity contribution in [1.29, 1.82) is 0 Å². The van der Waals surface area contributed by atoms with E-state index in [1.54, 1.807) is 31.1 Å². The maximum Gasteiger partial charge on any atom is 0.325 e. The van der Waals surface area contributed by atoms with Gasteiger partial charge in [-0.2, -0.15) is 0 Å². The molecule has 1 unspecified atom stereocenters. The fraction of sp³-hybridized carbons (Fsp3) is 0.467. The molecule has 0 heterocycles. The molecule has 0 aliphatic rings. The van der Waals surface area contributed by atoms with E-state index in [9.17, 15) is 14.7 Å². The van der Waals surface area contributed by atoms with Crippen molar-refractivity contribution in [3.8, 4) is 0 Å². The molecule has 1 rings (SSSR count). The lowest BCUT2D eigenvalue weighted by molar-refractivity contribution is -0.145. The first-order valence-electron chi connectivity index (χ1n) is 6.69. The summed E-state index contributed by atoms with van der Waals surface area (Å²) < 4.78 is 0. The van der Waals surface area contributed by atoms with Gasteiger partial charge >= 0.3 is 5.97 Å². The normalized spacial score (nSPS) is 12.2. The van der Waals surface area contributed by atoms with Gasteiger partial charge in [-0.25, -0.2) is 0 Å². The van der Waals surface area contributed by atoms with Gasteiger partial charge in [0.15, 0.2) is 0 Å². The highest BCUT2D eigenvalue weighted by Gasteiger charge is 2.28. The molecule has 5 heteroatoms. The Morgan fingerprint density at radius 2 is 1.80 bits per heavy atom. The van der Waals surface area contributed by atoms with Gasteiger partial charge in [-0.15, -0.1) is 0 Å². The van der Waals surface area contributed by atoms with Crippen LogP contribution in [0, 0.1) is 0 Å². The maximum atomic E-state index is 11.9. The van der Waals surface area contributed by atoms with Crippen molar-refractivity contribution in [2.45, 2.75) is 19.4 Å². The maximum absolute atomic E-state index is 11.9. The van der Waals surface area contributed by atoms with Gasteiger partial charge in [0, 0.05) is 14.1 Å². The van der Waals surface area contributed by atoms with E-state index < -0.39 is 12.0 Å². The summed E-state index contributed by atoms with van der Waals surface area (Å²) >= 11 is 0. The van der Waals surface area contributed by atoms with Gasteiger partial charge < -0.3 is 10.0 Å². The van der Waals surface area contributed by atoms with Gasteiger partial charge in [-0.3, -0.25) is 14.5 Å². The highest BCUT2D eigenvalue weighted by atomic mass is 16.4.